The molecule has 10 heterocycles. The number of benzene rings is 2. The Hall–Kier alpha value is -8.17. The van der Waals surface area contributed by atoms with E-state index in [0.29, 0.717) is 97.1 Å². The summed E-state index contributed by atoms with van der Waals surface area (Å²) in [5.41, 5.74) is 9.00. The smallest absolute Gasteiger partial charge is 0.273 e. The number of phenols is 1. The molecule has 24 nitrogen and oxygen atoms in total. The van der Waals surface area contributed by atoms with E-state index < -0.39 is 78.2 Å². The molecule has 0 saturated carbocycles. The van der Waals surface area contributed by atoms with Crippen LogP contribution in [0, 0.1) is 12.8 Å². The second-order valence-corrected chi connectivity index (χ2v) is 27.0. The quantitative estimate of drug-likeness (QED) is 0.0773. The van der Waals surface area contributed by atoms with E-state index in [9.17, 15) is 44.4 Å². The second kappa shape index (κ2) is 26.1. The molecule has 3 aliphatic heterocycles. The van der Waals surface area contributed by atoms with Crippen LogP contribution in [-0.2, 0) is 16.0 Å². The normalized spacial score (nSPS) is 20.6. The number of hydrogen-bond donors (Lipinski definition) is 8. The first kappa shape index (κ1) is 61.1. The van der Waals surface area contributed by atoms with Crippen LogP contribution in [0.2, 0.25) is 0 Å². The molecule has 30 heteroatoms. The number of nitrogens with two attached hydrogens (primary N) is 1. The molecule has 3 aliphatic rings. The van der Waals surface area contributed by atoms with Gasteiger partial charge >= 0.3 is 0 Å². The van der Waals surface area contributed by atoms with Crippen molar-refractivity contribution in [2.45, 2.75) is 63.1 Å². The summed E-state index contributed by atoms with van der Waals surface area (Å²) < 4.78 is 0. The lowest BCUT2D eigenvalue weighted by Crippen LogP contribution is -2.50. The van der Waals surface area contributed by atoms with E-state index in [1.165, 1.54) is 56.4 Å². The summed E-state index contributed by atoms with van der Waals surface area (Å²) >= 11 is 7.01. The number of nitrogens with one attached hydrogen (secondary N) is 3. The third-order valence-corrected chi connectivity index (χ3v) is 21.0. The predicted octanol–water partition coefficient (Wildman–Crippen LogP) is 6.04. The fraction of sp³-hybridized carbons (Fsp3) is 0.305. The van der Waals surface area contributed by atoms with E-state index in [2.05, 4.69) is 30.8 Å². The van der Waals surface area contributed by atoms with Crippen molar-refractivity contribution in [1.82, 2.24) is 65.5 Å². The van der Waals surface area contributed by atoms with E-state index >= 15 is 4.79 Å². The average Bonchev–Trinajstić information content (AvgIpc) is 2.12. The minimum absolute atomic E-state index is 0.00177. The molecule has 7 aromatic heterocycles. The molecule has 0 unspecified atom stereocenters. The SMILES string of the molecule is Cc1sc2nc1C(=O)N[C@@H]([C@H](O)c1ccccc1)c1nc(cs1)C(=O)N[C@@H](Cc1ccc(O)cc1)C(=O)N1C[C@H](O)[C@H](C)[C@H]1c1nc(cs1)-c1nc(cs1)-c1nc(-c3nc(C(=O)N4CCN(CCO)CC4)cs3)ccc1-c1nc(cs1)C(=O)N[C@H]2CC(N)=O. The molecule has 7 atom stereocenters. The minimum atomic E-state index is -1.41. The highest BCUT2D eigenvalue weighted by molar-refractivity contribution is 7.15. The zero-order valence-corrected chi connectivity index (χ0v) is 52.3. The first-order valence-corrected chi connectivity index (χ1v) is 33.3. The van der Waals surface area contributed by atoms with Crippen LogP contribution in [0.3, 0.4) is 0 Å². The number of rotatable bonds is 10. The summed E-state index contributed by atoms with van der Waals surface area (Å²) in [5, 5.41) is 62.2. The van der Waals surface area contributed by atoms with Gasteiger partial charge in [-0.25, -0.2) is 34.9 Å². The predicted molar refractivity (Wildman–Crippen MR) is 335 cm³/mol. The Morgan fingerprint density at radius 1 is 0.674 bits per heavy atom. The van der Waals surface area contributed by atoms with Crippen LogP contribution in [0.1, 0.15) is 111 Å². The van der Waals surface area contributed by atoms with Crippen molar-refractivity contribution < 1.29 is 49.2 Å². The minimum Gasteiger partial charge on any atom is -0.508 e. The number of aromatic hydroxyl groups is 1. The highest BCUT2D eigenvalue weighted by atomic mass is 32.1. The summed E-state index contributed by atoms with van der Waals surface area (Å²) in [6.07, 6.45) is -2.81. The van der Waals surface area contributed by atoms with Crippen LogP contribution >= 0.6 is 68.0 Å². The molecule has 6 amide bonds. The van der Waals surface area contributed by atoms with Gasteiger partial charge in [0.2, 0.25) is 11.8 Å². The van der Waals surface area contributed by atoms with Crippen LogP contribution in [0.4, 0.5) is 0 Å². The van der Waals surface area contributed by atoms with Crippen molar-refractivity contribution in [3.8, 4) is 49.1 Å². The molecule has 12 rings (SSSR count). The third-order valence-electron chi connectivity index (χ3n) is 15.5. The van der Waals surface area contributed by atoms with Gasteiger partial charge in [0, 0.05) is 88.9 Å². The van der Waals surface area contributed by atoms with Gasteiger partial charge in [-0.15, -0.1) is 68.0 Å². The zero-order chi connectivity index (χ0) is 62.2. The van der Waals surface area contributed by atoms with Gasteiger partial charge in [-0.3, -0.25) is 33.7 Å². The number of β-amino-alcohol motifs (C(OH)–C–C–N with tert-alkyl or cyclic N) is 1. The number of hydrogen-bond acceptors (Lipinski definition) is 24. The van der Waals surface area contributed by atoms with Crippen molar-refractivity contribution in [3.05, 3.63) is 147 Å². The van der Waals surface area contributed by atoms with E-state index in [4.69, 9.17) is 30.7 Å². The van der Waals surface area contributed by atoms with Crippen LogP contribution in [-0.4, -0.2) is 163 Å². The van der Waals surface area contributed by atoms with Gasteiger partial charge < -0.3 is 51.9 Å². The standard InChI is InChI=1S/C59H56N14O10S6/c1-28-42(76)22-73-47(28)57-67-40(26-88-57)54-64-37(23-85-54)45-33(12-13-34(61-45)53-68-41(27-86-53)58(82)72-16-14-71(15-17-72)18-19-74)52-65-38(24-84-52)49(79)62-35(21-43(60)77)55-70-44(29(2)89-55)51(81)69-46(48(78)31-6-4-3-5-7-31)56-66-39(25-87-56)50(80)63-36(59(73)83)20-30-8-10-32(75)11-9-30/h3-13,23-28,35-36,42,46-48,74-76,78H,14-22H2,1-2H3,(H2,60,77)(H,62,79)(H,63,80)(H,69,81)/t28-,35-,36-,42-,46-,47-,48+/m0/s1. The Bertz CT molecular complexity index is 4120. The van der Waals surface area contributed by atoms with E-state index in [1.54, 1.807) is 77.2 Å². The summed E-state index contributed by atoms with van der Waals surface area (Å²) in [4.78, 5) is 125. The number of aliphatic hydroxyl groups excluding tert-OH is 3. The maximum atomic E-state index is 15.2. The summed E-state index contributed by atoms with van der Waals surface area (Å²) in [5.74, 6) is -4.21. The number of phenolic OH excluding ortho intramolecular Hbond substituents is 1. The van der Waals surface area contributed by atoms with Crippen LogP contribution in [0.5, 0.6) is 5.75 Å². The molecule has 10 bridgehead atoms. The Morgan fingerprint density at radius 3 is 2.08 bits per heavy atom. The number of carbonyl (C=O) groups is 6. The number of amides is 6. The molecular weight excluding hydrogens is 1260 g/mol. The first-order chi connectivity index (χ1) is 43.0. The number of pyridine rings is 1. The maximum Gasteiger partial charge on any atom is 0.273 e. The van der Waals surface area contributed by atoms with Crippen LogP contribution in [0.15, 0.2) is 93.6 Å². The van der Waals surface area contributed by atoms with Crippen LogP contribution < -0.4 is 21.7 Å². The number of carbonyl (C=O) groups excluding carboxylic acids is 6. The van der Waals surface area contributed by atoms with Gasteiger partial charge in [0.05, 0.1) is 36.9 Å². The number of nitrogens with zero attached hydrogens (tertiary/aromatic N) is 10. The number of fused-ring (bicyclic) bond motifs is 16. The number of thiazole rings is 6. The number of aromatic nitrogens is 7. The number of piperazine rings is 1. The molecule has 2 saturated heterocycles. The maximum absolute atomic E-state index is 15.2. The molecule has 0 spiro atoms. The average molecular weight is 1310 g/mol. The van der Waals surface area contributed by atoms with Crippen molar-refractivity contribution in [2.75, 3.05) is 45.9 Å². The monoisotopic (exact) mass is 1310 g/mol. The van der Waals surface area contributed by atoms with Crippen molar-refractivity contribution in [1.29, 1.82) is 0 Å². The van der Waals surface area contributed by atoms with E-state index in [0.717, 1.165) is 34.0 Å². The van der Waals surface area contributed by atoms with Gasteiger partial charge in [0.25, 0.3) is 23.6 Å². The number of primary amides is 1. The topological polar surface area (TPSA) is 345 Å². The lowest BCUT2D eigenvalue weighted by Gasteiger charge is -2.33. The fourth-order valence-corrected chi connectivity index (χ4v) is 16.1. The first-order valence-electron chi connectivity index (χ1n) is 28.1. The number of aryl methyl sites for hydroxylation is 1. The Kier molecular flexibility index (Phi) is 17.9. The highest BCUT2D eigenvalue weighted by Crippen LogP contribution is 2.43. The summed E-state index contributed by atoms with van der Waals surface area (Å²) in [6, 6.07) is 13.9. The molecule has 2 fully saturated rings. The summed E-state index contributed by atoms with van der Waals surface area (Å²) in [6.45, 7) is 6.15. The Morgan fingerprint density at radius 2 is 1.33 bits per heavy atom. The second-order valence-electron chi connectivity index (χ2n) is 21.4. The molecule has 0 aliphatic carbocycles. The molecule has 458 valence electrons. The fourth-order valence-electron chi connectivity index (χ4n) is 10.8. The van der Waals surface area contributed by atoms with Gasteiger partial charge in [0.15, 0.2) is 0 Å². The van der Waals surface area contributed by atoms with E-state index in [1.807, 2.05) is 17.7 Å². The summed E-state index contributed by atoms with van der Waals surface area (Å²) in [7, 11) is 0. The molecular formula is C59H56N14O10S6. The lowest BCUT2D eigenvalue weighted by atomic mass is 10.00. The Labute approximate surface area is 531 Å². The largest absolute Gasteiger partial charge is 0.508 e. The van der Waals surface area contributed by atoms with Gasteiger partial charge in [-0.1, -0.05) is 49.4 Å². The highest BCUT2D eigenvalue weighted by Gasteiger charge is 2.46. The Balaban J connectivity index is 0.938. The molecule has 9 N–H and O–H groups in total. The van der Waals surface area contributed by atoms with Gasteiger partial charge in [-0.05, 0) is 42.3 Å². The van der Waals surface area contributed by atoms with Gasteiger partial charge in [-0.2, -0.15) is 0 Å². The van der Waals surface area contributed by atoms with Gasteiger partial charge in [0.1, 0.15) is 93.8 Å². The molecule has 0 radical (unpaired) electrons. The third kappa shape index (κ3) is 13.0. The van der Waals surface area contributed by atoms with Crippen molar-refractivity contribution >= 4 is 103 Å². The van der Waals surface area contributed by atoms with E-state index in [-0.39, 0.29) is 64.0 Å². The van der Waals surface area contributed by atoms with Crippen molar-refractivity contribution in [2.24, 2.45) is 11.7 Å². The molecule has 2 aromatic carbocycles. The zero-order valence-electron chi connectivity index (χ0n) is 47.4. The molecule has 89 heavy (non-hydrogen) atoms. The lowest BCUT2D eigenvalue weighted by molar-refractivity contribution is -0.134. The van der Waals surface area contributed by atoms with Crippen LogP contribution in [0.25, 0.3) is 43.4 Å². The molecule has 9 aromatic rings. The van der Waals surface area contributed by atoms with Crippen molar-refractivity contribution in [3.63, 3.8) is 0 Å². The number of aliphatic hydroxyl groups is 3.